The highest BCUT2D eigenvalue weighted by Crippen LogP contribution is 2.30. The lowest BCUT2D eigenvalue weighted by Gasteiger charge is -2.35. The maximum absolute atomic E-state index is 13.0. The summed E-state index contributed by atoms with van der Waals surface area (Å²) in [5.41, 5.74) is 2.64. The standard InChI is InChI=1S/C17H18N2O4S/c1-12-6-16(10-18-9-12)24(22,23)19-11-14-5-3-2-4-13(14)7-15(19)8-17(20)21/h2-6,9-10,15H,7-8,11H2,1H3,(H,20,21)/t15-/m0/s1. The van der Waals surface area contributed by atoms with Gasteiger partial charge in [-0.15, -0.1) is 0 Å². The number of aryl methyl sites for hydroxylation is 1. The molecule has 24 heavy (non-hydrogen) atoms. The van der Waals surface area contributed by atoms with Crippen molar-refractivity contribution in [3.8, 4) is 0 Å². The van der Waals surface area contributed by atoms with Gasteiger partial charge in [0.25, 0.3) is 0 Å². The van der Waals surface area contributed by atoms with Crippen LogP contribution < -0.4 is 0 Å². The lowest BCUT2D eigenvalue weighted by Crippen LogP contribution is -2.45. The minimum absolute atomic E-state index is 0.0947. The number of hydrogen-bond donors (Lipinski definition) is 1. The zero-order valence-electron chi connectivity index (χ0n) is 13.2. The van der Waals surface area contributed by atoms with E-state index in [1.807, 2.05) is 24.3 Å². The van der Waals surface area contributed by atoms with Crippen LogP contribution in [0.1, 0.15) is 23.1 Å². The lowest BCUT2D eigenvalue weighted by atomic mass is 9.94. The van der Waals surface area contributed by atoms with Crippen molar-refractivity contribution in [3.63, 3.8) is 0 Å². The first kappa shape index (κ1) is 16.6. The molecular weight excluding hydrogens is 328 g/mol. The van der Waals surface area contributed by atoms with Crippen LogP contribution >= 0.6 is 0 Å². The highest BCUT2D eigenvalue weighted by atomic mass is 32.2. The molecule has 2 aromatic rings. The zero-order valence-corrected chi connectivity index (χ0v) is 14.0. The summed E-state index contributed by atoms with van der Waals surface area (Å²) in [5.74, 6) is -1.01. The molecule has 0 radical (unpaired) electrons. The van der Waals surface area contributed by atoms with E-state index in [-0.39, 0.29) is 17.9 Å². The van der Waals surface area contributed by atoms with E-state index in [0.717, 1.165) is 16.7 Å². The highest BCUT2D eigenvalue weighted by molar-refractivity contribution is 7.89. The largest absolute Gasteiger partial charge is 0.481 e. The van der Waals surface area contributed by atoms with Crippen LogP contribution in [0.15, 0.2) is 47.6 Å². The van der Waals surface area contributed by atoms with Gasteiger partial charge in [-0.2, -0.15) is 4.31 Å². The molecule has 7 heteroatoms. The van der Waals surface area contributed by atoms with E-state index in [1.165, 1.54) is 10.5 Å². The molecule has 0 saturated heterocycles. The molecule has 126 valence electrons. The molecule has 1 aromatic heterocycles. The number of sulfonamides is 1. The van der Waals surface area contributed by atoms with Gasteiger partial charge < -0.3 is 5.11 Å². The van der Waals surface area contributed by atoms with Gasteiger partial charge in [0.15, 0.2) is 0 Å². The summed E-state index contributed by atoms with van der Waals surface area (Å²) in [6.07, 6.45) is 3.05. The highest BCUT2D eigenvalue weighted by Gasteiger charge is 2.36. The molecule has 1 atom stereocenters. The molecule has 1 aliphatic rings. The normalized spacial score (nSPS) is 18.1. The number of carboxylic acid groups (broad SMARTS) is 1. The molecule has 0 saturated carbocycles. The van der Waals surface area contributed by atoms with Gasteiger partial charge in [-0.3, -0.25) is 9.78 Å². The van der Waals surface area contributed by atoms with Gasteiger partial charge >= 0.3 is 5.97 Å². The van der Waals surface area contributed by atoms with Crippen LogP contribution in [-0.4, -0.2) is 34.8 Å². The lowest BCUT2D eigenvalue weighted by molar-refractivity contribution is -0.138. The maximum Gasteiger partial charge on any atom is 0.304 e. The fourth-order valence-electron chi connectivity index (χ4n) is 3.02. The van der Waals surface area contributed by atoms with Gasteiger partial charge in [-0.1, -0.05) is 24.3 Å². The number of benzene rings is 1. The first-order valence-electron chi connectivity index (χ1n) is 7.60. The van der Waals surface area contributed by atoms with Crippen molar-refractivity contribution in [3.05, 3.63) is 59.4 Å². The topological polar surface area (TPSA) is 87.6 Å². The zero-order chi connectivity index (χ0) is 17.3. The molecule has 0 aliphatic carbocycles. The van der Waals surface area contributed by atoms with Crippen molar-refractivity contribution in [2.75, 3.05) is 0 Å². The summed E-state index contributed by atoms with van der Waals surface area (Å²) in [6.45, 7) is 1.94. The molecule has 0 spiro atoms. The molecule has 0 bridgehead atoms. The number of carbonyl (C=O) groups is 1. The smallest absolute Gasteiger partial charge is 0.304 e. The van der Waals surface area contributed by atoms with E-state index >= 15 is 0 Å². The van der Waals surface area contributed by atoms with Gasteiger partial charge in [-0.25, -0.2) is 8.42 Å². The Morgan fingerprint density at radius 3 is 2.67 bits per heavy atom. The van der Waals surface area contributed by atoms with E-state index < -0.39 is 22.0 Å². The van der Waals surface area contributed by atoms with Crippen LogP contribution in [0.5, 0.6) is 0 Å². The van der Waals surface area contributed by atoms with Crippen LogP contribution in [0, 0.1) is 6.92 Å². The fourth-order valence-corrected chi connectivity index (χ4v) is 4.67. The average Bonchev–Trinajstić information content (AvgIpc) is 2.53. The third kappa shape index (κ3) is 3.18. The fraction of sp³-hybridized carbons (Fsp3) is 0.294. The first-order chi connectivity index (χ1) is 11.4. The van der Waals surface area contributed by atoms with Gasteiger partial charge in [-0.05, 0) is 36.1 Å². The molecule has 0 unspecified atom stereocenters. The Hall–Kier alpha value is -2.25. The van der Waals surface area contributed by atoms with Crippen LogP contribution in [0.25, 0.3) is 0 Å². The predicted molar refractivity (Wildman–Crippen MR) is 87.9 cm³/mol. The van der Waals surface area contributed by atoms with Crippen LogP contribution in [0.3, 0.4) is 0 Å². The number of aromatic nitrogens is 1. The minimum atomic E-state index is -3.81. The Labute approximate surface area is 140 Å². The Balaban J connectivity index is 2.04. The van der Waals surface area contributed by atoms with Gasteiger partial charge in [0.05, 0.1) is 6.42 Å². The summed E-state index contributed by atoms with van der Waals surface area (Å²) in [7, 11) is -3.81. The molecule has 1 aliphatic heterocycles. The van der Waals surface area contributed by atoms with Crippen molar-refractivity contribution in [2.24, 2.45) is 0 Å². The maximum atomic E-state index is 13.0. The molecule has 0 fully saturated rings. The number of fused-ring (bicyclic) bond motifs is 1. The van der Waals surface area contributed by atoms with Gasteiger partial charge in [0.1, 0.15) is 4.90 Å². The van der Waals surface area contributed by atoms with E-state index in [1.54, 1.807) is 19.2 Å². The van der Waals surface area contributed by atoms with E-state index in [4.69, 9.17) is 0 Å². The Kier molecular flexibility index (Phi) is 4.38. The molecule has 2 heterocycles. The van der Waals surface area contributed by atoms with Gasteiger partial charge in [0, 0.05) is 25.0 Å². The van der Waals surface area contributed by atoms with Crippen molar-refractivity contribution in [1.29, 1.82) is 0 Å². The third-order valence-corrected chi connectivity index (χ3v) is 6.04. The number of pyridine rings is 1. The van der Waals surface area contributed by atoms with Gasteiger partial charge in [0.2, 0.25) is 10.0 Å². The quantitative estimate of drug-likeness (QED) is 0.914. The molecule has 0 amide bonds. The van der Waals surface area contributed by atoms with E-state index in [2.05, 4.69) is 4.98 Å². The molecule has 6 nitrogen and oxygen atoms in total. The van der Waals surface area contributed by atoms with Crippen molar-refractivity contribution in [1.82, 2.24) is 9.29 Å². The Morgan fingerprint density at radius 1 is 1.29 bits per heavy atom. The van der Waals surface area contributed by atoms with E-state index in [9.17, 15) is 18.3 Å². The third-order valence-electron chi connectivity index (χ3n) is 4.17. The monoisotopic (exact) mass is 346 g/mol. The van der Waals surface area contributed by atoms with Crippen molar-refractivity contribution < 1.29 is 18.3 Å². The molecular formula is C17H18N2O4S. The summed E-state index contributed by atoms with van der Waals surface area (Å²) in [6, 6.07) is 8.48. The first-order valence-corrected chi connectivity index (χ1v) is 9.04. The van der Waals surface area contributed by atoms with Crippen LogP contribution in [0.2, 0.25) is 0 Å². The second kappa shape index (κ2) is 6.33. The minimum Gasteiger partial charge on any atom is -0.481 e. The summed E-state index contributed by atoms with van der Waals surface area (Å²) in [5, 5.41) is 9.18. The second-order valence-corrected chi connectivity index (χ2v) is 7.86. The SMILES string of the molecule is Cc1cncc(S(=O)(=O)N2Cc3ccccc3C[C@H]2CC(=O)O)c1. The Bertz CT molecular complexity index is 880. The Morgan fingerprint density at radius 2 is 2.00 bits per heavy atom. The summed E-state index contributed by atoms with van der Waals surface area (Å²) >= 11 is 0. The molecule has 1 aromatic carbocycles. The summed E-state index contributed by atoms with van der Waals surface area (Å²) in [4.78, 5) is 15.3. The number of aliphatic carboxylic acids is 1. The average molecular weight is 346 g/mol. The van der Waals surface area contributed by atoms with Crippen molar-refractivity contribution >= 4 is 16.0 Å². The summed E-state index contributed by atoms with van der Waals surface area (Å²) < 4.78 is 27.4. The van der Waals surface area contributed by atoms with Crippen LogP contribution in [0.4, 0.5) is 0 Å². The second-order valence-electron chi connectivity index (χ2n) is 5.97. The van der Waals surface area contributed by atoms with Crippen molar-refractivity contribution in [2.45, 2.75) is 37.2 Å². The van der Waals surface area contributed by atoms with E-state index in [0.29, 0.717) is 6.42 Å². The number of rotatable bonds is 4. The van der Waals surface area contributed by atoms with Crippen LogP contribution in [-0.2, 0) is 27.8 Å². The number of nitrogens with zero attached hydrogens (tertiary/aromatic N) is 2. The predicted octanol–water partition coefficient (Wildman–Crippen LogP) is 1.98. The molecule has 1 N–H and O–H groups in total. The molecule has 3 rings (SSSR count). The number of carboxylic acids is 1. The number of hydrogen-bond acceptors (Lipinski definition) is 4.